The van der Waals surface area contributed by atoms with E-state index in [4.69, 9.17) is 5.26 Å². The zero-order valence-electron chi connectivity index (χ0n) is 13.2. The van der Waals surface area contributed by atoms with Gasteiger partial charge in [-0.05, 0) is 34.1 Å². The molecule has 0 unspecified atom stereocenters. The van der Waals surface area contributed by atoms with E-state index in [1.807, 2.05) is 13.8 Å². The molecule has 0 aliphatic carbocycles. The summed E-state index contributed by atoms with van der Waals surface area (Å²) in [7, 11) is 0. The molecule has 0 aliphatic heterocycles. The minimum atomic E-state index is 0.301. The third-order valence-electron chi connectivity index (χ3n) is 3.13. The summed E-state index contributed by atoms with van der Waals surface area (Å²) in [4.78, 5) is 11.2. The molecule has 0 saturated heterocycles. The summed E-state index contributed by atoms with van der Waals surface area (Å²) in [5, 5.41) is 12.2. The van der Waals surface area contributed by atoms with Crippen molar-refractivity contribution in [3.63, 3.8) is 0 Å². The highest BCUT2D eigenvalue weighted by atomic mass is 15.2. The Balaban J connectivity index is 3.13. The van der Waals surface area contributed by atoms with Crippen molar-refractivity contribution in [2.24, 2.45) is 0 Å². The van der Waals surface area contributed by atoms with Crippen molar-refractivity contribution in [3.05, 3.63) is 11.4 Å². The van der Waals surface area contributed by atoms with E-state index < -0.39 is 0 Å². The maximum absolute atomic E-state index is 8.82. The van der Waals surface area contributed by atoms with Gasteiger partial charge in [0.15, 0.2) is 0 Å². The first kappa shape index (κ1) is 16.2. The van der Waals surface area contributed by atoms with Gasteiger partial charge in [-0.25, -0.2) is 9.97 Å². The molecule has 1 aromatic heterocycles. The first-order valence-corrected chi connectivity index (χ1v) is 7.23. The molecule has 5 nitrogen and oxygen atoms in total. The Hall–Kier alpha value is -1.83. The highest BCUT2D eigenvalue weighted by Crippen LogP contribution is 2.25. The molecule has 5 heteroatoms. The van der Waals surface area contributed by atoms with Crippen LogP contribution in [0.3, 0.4) is 0 Å². The second kappa shape index (κ2) is 7.68. The molecule has 1 rings (SSSR count). The Kier molecular flexibility index (Phi) is 6.23. The largest absolute Gasteiger partial charge is 0.370 e. The Morgan fingerprint density at radius 3 is 2.55 bits per heavy atom. The van der Waals surface area contributed by atoms with Gasteiger partial charge in [-0.1, -0.05) is 6.92 Å². The summed E-state index contributed by atoms with van der Waals surface area (Å²) in [6.45, 7) is 11.9. The van der Waals surface area contributed by atoms with Crippen molar-refractivity contribution in [1.29, 1.82) is 5.26 Å². The van der Waals surface area contributed by atoms with Gasteiger partial charge in [0.25, 0.3) is 0 Å². The molecule has 0 radical (unpaired) electrons. The molecule has 0 aliphatic rings. The fourth-order valence-electron chi connectivity index (χ4n) is 2.09. The quantitative estimate of drug-likeness (QED) is 0.828. The number of rotatable bonds is 7. The average Bonchev–Trinajstić information content (AvgIpc) is 2.40. The Labute approximate surface area is 122 Å². The number of anilines is 2. The maximum Gasteiger partial charge on any atom is 0.137 e. The van der Waals surface area contributed by atoms with Crippen LogP contribution < -0.4 is 10.2 Å². The van der Waals surface area contributed by atoms with E-state index >= 15 is 0 Å². The van der Waals surface area contributed by atoms with E-state index in [-0.39, 0.29) is 0 Å². The molecule has 0 atom stereocenters. The number of aromatic nitrogens is 2. The van der Waals surface area contributed by atoms with Crippen LogP contribution in [0.25, 0.3) is 0 Å². The van der Waals surface area contributed by atoms with E-state index in [0.717, 1.165) is 36.0 Å². The topological polar surface area (TPSA) is 64.8 Å². The van der Waals surface area contributed by atoms with Crippen LogP contribution in [0.1, 0.15) is 45.0 Å². The Bertz CT molecular complexity index is 476. The van der Waals surface area contributed by atoms with Gasteiger partial charge in [0.2, 0.25) is 0 Å². The minimum Gasteiger partial charge on any atom is -0.370 e. The monoisotopic (exact) mass is 275 g/mol. The lowest BCUT2D eigenvalue weighted by molar-refractivity contribution is 0.671. The molecule has 0 bridgehead atoms. The molecule has 1 aromatic rings. The standard InChI is InChI=1S/C15H25N5/c1-6-9-17-14-12(4)15(19-13(5)18-14)20(11(2)3)10-7-8-16/h11H,6-7,9-10H2,1-5H3,(H,17,18,19). The zero-order chi connectivity index (χ0) is 15.1. The first-order chi connectivity index (χ1) is 9.51. The molecule has 110 valence electrons. The molecule has 20 heavy (non-hydrogen) atoms. The number of nitrogens with zero attached hydrogens (tertiary/aromatic N) is 4. The van der Waals surface area contributed by atoms with Crippen LogP contribution in [0.5, 0.6) is 0 Å². The van der Waals surface area contributed by atoms with Crippen LogP contribution >= 0.6 is 0 Å². The van der Waals surface area contributed by atoms with Crippen molar-refractivity contribution in [2.75, 3.05) is 23.3 Å². The van der Waals surface area contributed by atoms with Crippen LogP contribution in [0.15, 0.2) is 0 Å². The van der Waals surface area contributed by atoms with Crippen LogP contribution in [-0.4, -0.2) is 29.1 Å². The fraction of sp³-hybridized carbons (Fsp3) is 0.667. The van der Waals surface area contributed by atoms with Crippen molar-refractivity contribution >= 4 is 11.6 Å². The Morgan fingerprint density at radius 2 is 2.00 bits per heavy atom. The molecule has 0 aromatic carbocycles. The van der Waals surface area contributed by atoms with Gasteiger partial charge in [0.05, 0.1) is 12.5 Å². The molecular formula is C15H25N5. The van der Waals surface area contributed by atoms with Gasteiger partial charge < -0.3 is 10.2 Å². The van der Waals surface area contributed by atoms with Crippen LogP contribution in [0.2, 0.25) is 0 Å². The van der Waals surface area contributed by atoms with Gasteiger partial charge in [0, 0.05) is 24.7 Å². The van der Waals surface area contributed by atoms with E-state index in [2.05, 4.69) is 47.0 Å². The first-order valence-electron chi connectivity index (χ1n) is 7.23. The SMILES string of the molecule is CCCNc1nc(C)nc(N(CCC#N)C(C)C)c1C. The lowest BCUT2D eigenvalue weighted by Crippen LogP contribution is -2.33. The third kappa shape index (κ3) is 4.09. The summed E-state index contributed by atoms with van der Waals surface area (Å²) in [5.41, 5.74) is 1.05. The van der Waals surface area contributed by atoms with E-state index in [1.54, 1.807) is 0 Å². The fourth-order valence-corrected chi connectivity index (χ4v) is 2.09. The lowest BCUT2D eigenvalue weighted by atomic mass is 10.2. The van der Waals surface area contributed by atoms with Gasteiger partial charge in [-0.3, -0.25) is 0 Å². The van der Waals surface area contributed by atoms with Gasteiger partial charge in [0.1, 0.15) is 17.5 Å². The highest BCUT2D eigenvalue weighted by Gasteiger charge is 2.17. The summed E-state index contributed by atoms with van der Waals surface area (Å²) in [6.07, 6.45) is 1.55. The summed E-state index contributed by atoms with van der Waals surface area (Å²) >= 11 is 0. The average molecular weight is 275 g/mol. The van der Waals surface area contributed by atoms with Gasteiger partial charge >= 0.3 is 0 Å². The summed E-state index contributed by atoms with van der Waals surface area (Å²) < 4.78 is 0. The molecule has 1 heterocycles. The van der Waals surface area contributed by atoms with Crippen molar-refractivity contribution in [2.45, 2.75) is 53.5 Å². The maximum atomic E-state index is 8.82. The van der Waals surface area contributed by atoms with Gasteiger partial charge in [-0.2, -0.15) is 5.26 Å². The second-order valence-corrected chi connectivity index (χ2v) is 5.19. The number of nitriles is 1. The lowest BCUT2D eigenvalue weighted by Gasteiger charge is -2.29. The molecular weight excluding hydrogens is 250 g/mol. The molecule has 0 spiro atoms. The van der Waals surface area contributed by atoms with Crippen LogP contribution in [-0.2, 0) is 0 Å². The van der Waals surface area contributed by atoms with E-state index in [1.165, 1.54) is 0 Å². The smallest absolute Gasteiger partial charge is 0.137 e. The highest BCUT2D eigenvalue weighted by molar-refractivity contribution is 5.59. The predicted molar refractivity (Wildman–Crippen MR) is 83.0 cm³/mol. The van der Waals surface area contributed by atoms with Crippen LogP contribution in [0.4, 0.5) is 11.6 Å². The Morgan fingerprint density at radius 1 is 1.30 bits per heavy atom. The number of aryl methyl sites for hydroxylation is 1. The van der Waals surface area contributed by atoms with E-state index in [0.29, 0.717) is 19.0 Å². The molecule has 0 amide bonds. The zero-order valence-corrected chi connectivity index (χ0v) is 13.2. The molecule has 0 fully saturated rings. The van der Waals surface area contributed by atoms with Gasteiger partial charge in [-0.15, -0.1) is 0 Å². The van der Waals surface area contributed by atoms with Crippen LogP contribution in [0, 0.1) is 25.2 Å². The summed E-state index contributed by atoms with van der Waals surface area (Å²) in [5.74, 6) is 2.59. The predicted octanol–water partition coefficient (Wildman–Crippen LogP) is 3.04. The minimum absolute atomic E-state index is 0.301. The summed E-state index contributed by atoms with van der Waals surface area (Å²) in [6, 6.07) is 2.51. The normalized spacial score (nSPS) is 10.4. The second-order valence-electron chi connectivity index (χ2n) is 5.19. The molecule has 1 N–H and O–H groups in total. The number of hydrogen-bond acceptors (Lipinski definition) is 5. The number of nitrogens with one attached hydrogen (secondary N) is 1. The van der Waals surface area contributed by atoms with Crippen molar-refractivity contribution in [1.82, 2.24) is 9.97 Å². The van der Waals surface area contributed by atoms with E-state index in [9.17, 15) is 0 Å². The third-order valence-corrected chi connectivity index (χ3v) is 3.13. The molecule has 0 saturated carbocycles. The van der Waals surface area contributed by atoms with Crippen molar-refractivity contribution < 1.29 is 0 Å². The number of hydrogen-bond donors (Lipinski definition) is 1. The van der Waals surface area contributed by atoms with Crippen molar-refractivity contribution in [3.8, 4) is 6.07 Å².